The Morgan fingerprint density at radius 1 is 1.12 bits per heavy atom. The lowest BCUT2D eigenvalue weighted by Gasteiger charge is -2.06. The van der Waals surface area contributed by atoms with Gasteiger partial charge in [0.25, 0.3) is 0 Å². The Kier molecular flexibility index (Phi) is 3.33. The Morgan fingerprint density at radius 3 is 2.62 bits per heavy atom. The molecule has 2 heterocycles. The average Bonchev–Trinajstić information content (AvgIpc) is 3.12. The van der Waals surface area contributed by atoms with E-state index in [4.69, 9.17) is 5.84 Å². The number of nitrogen functional groups attached to an aromatic ring is 1. The number of nitrogens with zero attached hydrogens (tertiary/aromatic N) is 2. The van der Waals surface area contributed by atoms with Crippen LogP contribution in [0, 0.1) is 11.6 Å². The molecule has 2 aromatic heterocycles. The summed E-state index contributed by atoms with van der Waals surface area (Å²) in [5.74, 6) is 3.74. The zero-order valence-corrected chi connectivity index (χ0v) is 12.8. The molecular weight excluding hydrogens is 357 g/mol. The van der Waals surface area contributed by atoms with Crippen LogP contribution < -0.4 is 11.2 Å². The fourth-order valence-electron chi connectivity index (χ4n) is 2.74. The molecule has 0 atom stereocenters. The number of aromatic amines is 1. The van der Waals surface area contributed by atoms with Crippen molar-refractivity contribution in [1.82, 2.24) is 14.6 Å². The van der Waals surface area contributed by atoms with Crippen molar-refractivity contribution in [3.05, 3.63) is 53.7 Å². The topological polar surface area (TPSA) is 71.7 Å². The van der Waals surface area contributed by atoms with Gasteiger partial charge in [-0.2, -0.15) is 13.2 Å². The number of aromatic nitrogens is 3. The first-order chi connectivity index (χ1) is 12.3. The van der Waals surface area contributed by atoms with Gasteiger partial charge in [-0.25, -0.2) is 18.4 Å². The number of H-pyrrole nitrogens is 1. The SMILES string of the molecule is Nn1c(Nc2c[nH]c3ccc(F)c(F)c23)nc2cc(C(F)(F)F)ccc21. The second-order valence-corrected chi connectivity index (χ2v) is 5.62. The van der Waals surface area contributed by atoms with Crippen LogP contribution in [-0.4, -0.2) is 14.6 Å². The summed E-state index contributed by atoms with van der Waals surface area (Å²) in [7, 11) is 0. The summed E-state index contributed by atoms with van der Waals surface area (Å²) in [5, 5.41) is 2.67. The van der Waals surface area contributed by atoms with Gasteiger partial charge in [0.1, 0.15) is 0 Å². The Labute approximate surface area is 142 Å². The van der Waals surface area contributed by atoms with Crippen molar-refractivity contribution in [2.45, 2.75) is 6.18 Å². The Bertz CT molecular complexity index is 1140. The number of halogens is 5. The van der Waals surface area contributed by atoms with Crippen LogP contribution in [0.1, 0.15) is 5.56 Å². The number of nitrogens with two attached hydrogens (primary N) is 1. The Morgan fingerprint density at radius 2 is 1.88 bits per heavy atom. The number of imidazole rings is 1. The highest BCUT2D eigenvalue weighted by Crippen LogP contribution is 2.33. The molecule has 0 saturated carbocycles. The van der Waals surface area contributed by atoms with E-state index in [1.165, 1.54) is 18.3 Å². The molecule has 2 aromatic carbocycles. The van der Waals surface area contributed by atoms with Gasteiger partial charge in [0.15, 0.2) is 11.6 Å². The highest BCUT2D eigenvalue weighted by atomic mass is 19.4. The summed E-state index contributed by atoms with van der Waals surface area (Å²) in [5.41, 5.74) is -0.126. The zero-order valence-electron chi connectivity index (χ0n) is 12.8. The molecule has 0 spiro atoms. The van der Waals surface area contributed by atoms with Gasteiger partial charge >= 0.3 is 6.18 Å². The summed E-state index contributed by atoms with van der Waals surface area (Å²) >= 11 is 0. The molecule has 4 aromatic rings. The van der Waals surface area contributed by atoms with E-state index >= 15 is 0 Å². The molecule has 0 amide bonds. The number of nitrogens with one attached hydrogen (secondary N) is 2. The first-order valence-electron chi connectivity index (χ1n) is 7.32. The maximum Gasteiger partial charge on any atom is 0.416 e. The third-order valence-corrected chi connectivity index (χ3v) is 4.00. The Balaban J connectivity index is 1.81. The van der Waals surface area contributed by atoms with Gasteiger partial charge in [0.2, 0.25) is 5.95 Å². The molecule has 0 saturated heterocycles. The Hall–Kier alpha value is -3.30. The molecular formula is C16H10F5N5. The van der Waals surface area contributed by atoms with Crippen molar-refractivity contribution in [3.63, 3.8) is 0 Å². The van der Waals surface area contributed by atoms with Gasteiger partial charge in [-0.3, -0.25) is 0 Å². The molecule has 0 fully saturated rings. The van der Waals surface area contributed by atoms with Crippen LogP contribution in [0.4, 0.5) is 33.6 Å². The number of anilines is 2. The molecule has 10 heteroatoms. The third kappa shape index (κ3) is 2.41. The molecule has 0 aliphatic rings. The second kappa shape index (κ2) is 5.35. The largest absolute Gasteiger partial charge is 0.416 e. The van der Waals surface area contributed by atoms with Crippen LogP contribution in [0.25, 0.3) is 21.9 Å². The number of fused-ring (bicyclic) bond motifs is 2. The van der Waals surface area contributed by atoms with Crippen LogP contribution >= 0.6 is 0 Å². The lowest BCUT2D eigenvalue weighted by Crippen LogP contribution is -2.11. The van der Waals surface area contributed by atoms with Gasteiger partial charge in [-0.05, 0) is 30.3 Å². The maximum atomic E-state index is 14.1. The molecule has 5 nitrogen and oxygen atoms in total. The average molecular weight is 367 g/mol. The van der Waals surface area contributed by atoms with Crippen LogP contribution in [-0.2, 0) is 6.18 Å². The van der Waals surface area contributed by atoms with E-state index in [1.54, 1.807) is 0 Å². The standard InChI is InChI=1S/C16H10F5N5/c17-8-2-3-9-13(14(8)18)11(6-23-9)25-15-24-10-5-7(16(19,20)21)1-4-12(10)26(15)22/h1-6,23H,22H2,(H,24,25). The second-order valence-electron chi connectivity index (χ2n) is 5.62. The first kappa shape index (κ1) is 16.2. The molecule has 134 valence electrons. The van der Waals surface area contributed by atoms with Crippen molar-refractivity contribution < 1.29 is 22.0 Å². The smallest absolute Gasteiger partial charge is 0.359 e. The van der Waals surface area contributed by atoms with Gasteiger partial charge < -0.3 is 16.1 Å². The van der Waals surface area contributed by atoms with Crippen molar-refractivity contribution in [2.75, 3.05) is 11.2 Å². The molecule has 4 N–H and O–H groups in total. The predicted molar refractivity (Wildman–Crippen MR) is 86.4 cm³/mol. The van der Waals surface area contributed by atoms with Crippen molar-refractivity contribution >= 4 is 33.6 Å². The van der Waals surface area contributed by atoms with Gasteiger partial charge in [0, 0.05) is 6.20 Å². The minimum absolute atomic E-state index is 0.0105. The molecule has 26 heavy (non-hydrogen) atoms. The predicted octanol–water partition coefficient (Wildman–Crippen LogP) is 4.27. The highest BCUT2D eigenvalue weighted by molar-refractivity contribution is 5.95. The van der Waals surface area contributed by atoms with E-state index in [-0.39, 0.29) is 28.1 Å². The number of benzene rings is 2. The summed E-state index contributed by atoms with van der Waals surface area (Å²) in [6.45, 7) is 0. The first-order valence-corrected chi connectivity index (χ1v) is 7.32. The van der Waals surface area contributed by atoms with E-state index in [9.17, 15) is 22.0 Å². The fraction of sp³-hybridized carbons (Fsp3) is 0.0625. The van der Waals surface area contributed by atoms with Crippen molar-refractivity contribution in [2.24, 2.45) is 0 Å². The number of hydrogen-bond donors (Lipinski definition) is 3. The summed E-state index contributed by atoms with van der Waals surface area (Å²) in [4.78, 5) is 6.78. The molecule has 0 radical (unpaired) electrons. The fourth-order valence-corrected chi connectivity index (χ4v) is 2.74. The van der Waals surface area contributed by atoms with Crippen molar-refractivity contribution in [3.8, 4) is 0 Å². The zero-order chi connectivity index (χ0) is 18.6. The normalized spacial score (nSPS) is 12.2. The molecule has 4 rings (SSSR count). The number of alkyl halides is 3. The molecule has 0 unspecified atom stereocenters. The van der Waals surface area contributed by atoms with Gasteiger partial charge in [-0.1, -0.05) is 0 Å². The van der Waals surface area contributed by atoms with Crippen LogP contribution in [0.2, 0.25) is 0 Å². The van der Waals surface area contributed by atoms with E-state index in [0.29, 0.717) is 5.52 Å². The van der Waals surface area contributed by atoms with Crippen molar-refractivity contribution in [1.29, 1.82) is 0 Å². The molecule has 0 aliphatic heterocycles. The van der Waals surface area contributed by atoms with E-state index < -0.39 is 23.4 Å². The number of rotatable bonds is 2. The summed E-state index contributed by atoms with van der Waals surface area (Å²) < 4.78 is 67.0. The van der Waals surface area contributed by atoms with E-state index in [0.717, 1.165) is 22.9 Å². The summed E-state index contributed by atoms with van der Waals surface area (Å²) in [6.07, 6.45) is -3.13. The van der Waals surface area contributed by atoms with Crippen LogP contribution in [0.5, 0.6) is 0 Å². The summed E-state index contributed by atoms with van der Waals surface area (Å²) in [6, 6.07) is 5.28. The maximum absolute atomic E-state index is 14.1. The van der Waals surface area contributed by atoms with Crippen LogP contribution in [0.3, 0.4) is 0 Å². The molecule has 0 aliphatic carbocycles. The highest BCUT2D eigenvalue weighted by Gasteiger charge is 2.31. The third-order valence-electron chi connectivity index (χ3n) is 4.00. The minimum atomic E-state index is -4.52. The van der Waals surface area contributed by atoms with Gasteiger partial charge in [0.05, 0.1) is 33.2 Å². The minimum Gasteiger partial charge on any atom is -0.359 e. The van der Waals surface area contributed by atoms with Crippen LogP contribution in [0.15, 0.2) is 36.5 Å². The van der Waals surface area contributed by atoms with E-state index in [1.807, 2.05) is 0 Å². The van der Waals surface area contributed by atoms with Gasteiger partial charge in [-0.15, -0.1) is 0 Å². The lowest BCUT2D eigenvalue weighted by molar-refractivity contribution is -0.137. The van der Waals surface area contributed by atoms with E-state index in [2.05, 4.69) is 15.3 Å². The quantitative estimate of drug-likeness (QED) is 0.366. The number of hydrogen-bond acceptors (Lipinski definition) is 3. The lowest BCUT2D eigenvalue weighted by atomic mass is 10.2. The monoisotopic (exact) mass is 367 g/mol. The molecule has 0 bridgehead atoms.